The highest BCUT2D eigenvalue weighted by Gasteiger charge is 2.51. The van der Waals surface area contributed by atoms with Gasteiger partial charge in [-0.1, -0.05) is 23.7 Å². The smallest absolute Gasteiger partial charge is 0.255 e. The Balaban J connectivity index is 1.33. The lowest BCUT2D eigenvalue weighted by molar-refractivity contribution is -0.124. The third kappa shape index (κ3) is 5.27. The molecule has 33 heavy (non-hydrogen) atoms. The van der Waals surface area contributed by atoms with E-state index in [4.69, 9.17) is 22.1 Å². The van der Waals surface area contributed by atoms with Gasteiger partial charge >= 0.3 is 0 Å². The molecule has 4 N–H and O–H groups in total. The van der Waals surface area contributed by atoms with Gasteiger partial charge in [-0.25, -0.2) is 9.97 Å². The number of aromatic nitrogens is 2. The molecule has 1 aromatic heterocycles. The molecule has 0 spiro atoms. The number of ether oxygens (including phenoxy) is 1. The second-order valence-corrected chi connectivity index (χ2v) is 8.01. The number of nitrogens with two attached hydrogens (primary N) is 1. The maximum atomic E-state index is 12.7. The highest BCUT2D eigenvalue weighted by Crippen LogP contribution is 2.36. The molecule has 0 bridgehead atoms. The van der Waals surface area contributed by atoms with E-state index < -0.39 is 11.4 Å². The van der Waals surface area contributed by atoms with Crippen molar-refractivity contribution in [1.82, 2.24) is 20.6 Å². The molecule has 9 nitrogen and oxygen atoms in total. The van der Waals surface area contributed by atoms with Crippen molar-refractivity contribution in [1.29, 1.82) is 0 Å². The first kappa shape index (κ1) is 22.2. The first-order chi connectivity index (χ1) is 15.9. The summed E-state index contributed by atoms with van der Waals surface area (Å²) in [6.07, 6.45) is 5.26. The molecule has 2 aromatic carbocycles. The summed E-state index contributed by atoms with van der Waals surface area (Å²) in [5.74, 6) is -0.398. The normalized spacial score (nSPS) is 13.6. The van der Waals surface area contributed by atoms with Crippen LogP contribution < -0.4 is 21.1 Å². The summed E-state index contributed by atoms with van der Waals surface area (Å²) in [7, 11) is 0. The zero-order valence-corrected chi connectivity index (χ0v) is 18.1. The van der Waals surface area contributed by atoms with Gasteiger partial charge < -0.3 is 21.1 Å². The van der Waals surface area contributed by atoms with Crippen LogP contribution in [0.1, 0.15) is 39.1 Å². The summed E-state index contributed by atoms with van der Waals surface area (Å²) in [6, 6.07) is 11.6. The van der Waals surface area contributed by atoms with Crippen LogP contribution in [-0.4, -0.2) is 33.2 Å². The molecule has 10 heteroatoms. The van der Waals surface area contributed by atoms with Crippen LogP contribution in [0.5, 0.6) is 11.5 Å². The zero-order valence-electron chi connectivity index (χ0n) is 17.4. The second kappa shape index (κ2) is 9.25. The molecule has 0 saturated heterocycles. The largest absolute Gasteiger partial charge is 0.456 e. The Bertz CT molecular complexity index is 1200. The predicted molar refractivity (Wildman–Crippen MR) is 120 cm³/mol. The van der Waals surface area contributed by atoms with Crippen molar-refractivity contribution in [3.63, 3.8) is 0 Å². The number of primary amides is 1. The lowest BCUT2D eigenvalue weighted by Crippen LogP contribution is -2.48. The molecule has 0 radical (unpaired) electrons. The van der Waals surface area contributed by atoms with Gasteiger partial charge in [-0.05, 0) is 48.7 Å². The van der Waals surface area contributed by atoms with E-state index in [1.165, 1.54) is 36.9 Å². The van der Waals surface area contributed by atoms with E-state index in [2.05, 4.69) is 20.6 Å². The third-order valence-corrected chi connectivity index (χ3v) is 5.49. The van der Waals surface area contributed by atoms with E-state index in [0.29, 0.717) is 34.9 Å². The van der Waals surface area contributed by atoms with Crippen molar-refractivity contribution < 1.29 is 19.1 Å². The number of nitrogens with zero attached hydrogens (tertiary/aromatic N) is 2. The van der Waals surface area contributed by atoms with E-state index in [1.54, 1.807) is 24.3 Å². The van der Waals surface area contributed by atoms with Crippen molar-refractivity contribution >= 4 is 29.3 Å². The average molecular weight is 466 g/mol. The number of carbonyl (C=O) groups excluding carboxylic acids is 3. The number of halogens is 1. The zero-order chi connectivity index (χ0) is 23.4. The quantitative estimate of drug-likeness (QED) is 0.467. The van der Waals surface area contributed by atoms with Crippen molar-refractivity contribution in [2.24, 2.45) is 5.73 Å². The average Bonchev–Trinajstić information content (AvgIpc) is 3.61. The maximum Gasteiger partial charge on any atom is 0.255 e. The summed E-state index contributed by atoms with van der Waals surface area (Å²) >= 11 is 6.13. The van der Waals surface area contributed by atoms with Crippen LogP contribution >= 0.6 is 11.6 Å². The van der Waals surface area contributed by atoms with Crippen LogP contribution in [0.4, 0.5) is 0 Å². The third-order valence-electron chi connectivity index (χ3n) is 5.18. The monoisotopic (exact) mass is 465 g/mol. The fourth-order valence-corrected chi connectivity index (χ4v) is 3.28. The Morgan fingerprint density at radius 1 is 1.03 bits per heavy atom. The molecule has 0 aliphatic heterocycles. The summed E-state index contributed by atoms with van der Waals surface area (Å²) in [5, 5.41) is 5.98. The SMILES string of the molecule is NC(=O)c1ccc(Cl)c(Oc2ccc(CNC(=O)C3(NC(=O)c4cncnc4)CC3)cc2)c1. The van der Waals surface area contributed by atoms with Crippen LogP contribution in [0.25, 0.3) is 0 Å². The van der Waals surface area contributed by atoms with Gasteiger partial charge in [0.15, 0.2) is 0 Å². The van der Waals surface area contributed by atoms with Gasteiger partial charge in [-0.15, -0.1) is 0 Å². The molecule has 1 aliphatic carbocycles. The van der Waals surface area contributed by atoms with Gasteiger partial charge in [-0.2, -0.15) is 0 Å². The maximum absolute atomic E-state index is 12.7. The lowest BCUT2D eigenvalue weighted by atomic mass is 10.2. The molecule has 3 amide bonds. The Labute approximate surface area is 194 Å². The van der Waals surface area contributed by atoms with Gasteiger partial charge in [0, 0.05) is 24.5 Å². The second-order valence-electron chi connectivity index (χ2n) is 7.60. The van der Waals surface area contributed by atoms with Crippen molar-refractivity contribution in [2.45, 2.75) is 24.9 Å². The van der Waals surface area contributed by atoms with E-state index >= 15 is 0 Å². The summed E-state index contributed by atoms with van der Waals surface area (Å²) in [4.78, 5) is 44.0. The Kier molecular flexibility index (Phi) is 6.23. The lowest BCUT2D eigenvalue weighted by Gasteiger charge is -2.17. The fourth-order valence-electron chi connectivity index (χ4n) is 3.13. The van der Waals surface area contributed by atoms with Crippen LogP contribution in [0.3, 0.4) is 0 Å². The standard InChI is InChI=1S/C23H20ClN5O4/c24-18-6-3-15(20(25)30)9-19(18)33-17-4-1-14(2-5-17)10-28-22(32)23(7-8-23)29-21(31)16-11-26-13-27-12-16/h1-6,9,11-13H,7-8,10H2,(H2,25,30)(H,28,32)(H,29,31). The fraction of sp³-hybridized carbons (Fsp3) is 0.174. The summed E-state index contributed by atoms with van der Waals surface area (Å²) in [6.45, 7) is 0.281. The number of benzene rings is 2. The topological polar surface area (TPSA) is 136 Å². The first-order valence-corrected chi connectivity index (χ1v) is 10.5. The molecule has 1 heterocycles. The molecular weight excluding hydrogens is 446 g/mol. The Morgan fingerprint density at radius 3 is 2.36 bits per heavy atom. The predicted octanol–water partition coefficient (Wildman–Crippen LogP) is 2.60. The number of carbonyl (C=O) groups is 3. The number of rotatable bonds is 8. The van der Waals surface area contributed by atoms with Gasteiger partial charge in [-0.3, -0.25) is 14.4 Å². The van der Waals surface area contributed by atoms with Crippen molar-refractivity contribution in [2.75, 3.05) is 0 Å². The van der Waals surface area contributed by atoms with E-state index in [0.717, 1.165) is 5.56 Å². The van der Waals surface area contributed by atoms with Crippen LogP contribution in [-0.2, 0) is 11.3 Å². The minimum absolute atomic E-state index is 0.247. The Hall–Kier alpha value is -3.98. The number of amides is 3. The van der Waals surface area contributed by atoms with Gasteiger partial charge in [0.05, 0.1) is 10.6 Å². The van der Waals surface area contributed by atoms with Crippen LogP contribution in [0.2, 0.25) is 5.02 Å². The van der Waals surface area contributed by atoms with Gasteiger partial charge in [0.2, 0.25) is 11.8 Å². The molecule has 1 fully saturated rings. The Morgan fingerprint density at radius 2 is 1.73 bits per heavy atom. The van der Waals surface area contributed by atoms with E-state index in [9.17, 15) is 14.4 Å². The molecule has 3 aromatic rings. The van der Waals surface area contributed by atoms with Crippen LogP contribution in [0, 0.1) is 0 Å². The van der Waals surface area contributed by atoms with Gasteiger partial charge in [0.25, 0.3) is 5.91 Å². The molecule has 4 rings (SSSR count). The first-order valence-electron chi connectivity index (χ1n) is 10.1. The molecule has 0 atom stereocenters. The minimum Gasteiger partial charge on any atom is -0.456 e. The highest BCUT2D eigenvalue weighted by atomic mass is 35.5. The number of hydrogen-bond donors (Lipinski definition) is 3. The molecular formula is C23H20ClN5O4. The van der Waals surface area contributed by atoms with Gasteiger partial charge in [0.1, 0.15) is 23.4 Å². The molecule has 1 aliphatic rings. The number of nitrogens with one attached hydrogen (secondary N) is 2. The van der Waals surface area contributed by atoms with E-state index in [-0.39, 0.29) is 23.9 Å². The van der Waals surface area contributed by atoms with Crippen LogP contribution in [0.15, 0.2) is 61.2 Å². The number of hydrogen-bond acceptors (Lipinski definition) is 6. The summed E-state index contributed by atoms with van der Waals surface area (Å²) in [5.41, 5.74) is 5.81. The molecule has 0 unspecified atom stereocenters. The van der Waals surface area contributed by atoms with E-state index in [1.807, 2.05) is 0 Å². The summed E-state index contributed by atoms with van der Waals surface area (Å²) < 4.78 is 5.75. The highest BCUT2D eigenvalue weighted by molar-refractivity contribution is 6.32. The minimum atomic E-state index is -0.905. The molecule has 1 saturated carbocycles. The van der Waals surface area contributed by atoms with Crippen molar-refractivity contribution in [3.05, 3.63) is 82.9 Å². The van der Waals surface area contributed by atoms with Crippen molar-refractivity contribution in [3.8, 4) is 11.5 Å². The molecule has 168 valence electrons.